The summed E-state index contributed by atoms with van der Waals surface area (Å²) in [6.07, 6.45) is 0.327. The zero-order chi connectivity index (χ0) is 18.4. The average Bonchev–Trinajstić information content (AvgIpc) is 2.57. The Kier molecular flexibility index (Phi) is 6.28. The van der Waals surface area contributed by atoms with Crippen LogP contribution in [-0.4, -0.2) is 18.4 Å². The predicted molar refractivity (Wildman–Crippen MR) is 97.0 cm³/mol. The van der Waals surface area contributed by atoms with Crippen LogP contribution in [0.15, 0.2) is 42.5 Å². The lowest BCUT2D eigenvalue weighted by atomic mass is 9.98. The zero-order valence-corrected chi connectivity index (χ0v) is 14.7. The largest absolute Gasteiger partial charge is 0.347 e. The molecule has 0 bridgehead atoms. The van der Waals surface area contributed by atoms with Crippen LogP contribution in [0, 0.1) is 12.7 Å². The van der Waals surface area contributed by atoms with Crippen molar-refractivity contribution >= 4 is 17.5 Å². The van der Waals surface area contributed by atoms with E-state index in [9.17, 15) is 14.0 Å². The summed E-state index contributed by atoms with van der Waals surface area (Å²) in [6.45, 7) is 6.13. The summed E-state index contributed by atoms with van der Waals surface area (Å²) in [5, 5.41) is 5.22. The van der Waals surface area contributed by atoms with Crippen LogP contribution in [0.5, 0.6) is 0 Å². The maximum atomic E-state index is 13.5. The minimum atomic E-state index is -0.728. The Balaban J connectivity index is 1.95. The quantitative estimate of drug-likeness (QED) is 0.817. The Morgan fingerprint density at radius 3 is 2.44 bits per heavy atom. The first-order chi connectivity index (χ1) is 11.9. The third kappa shape index (κ3) is 4.89. The van der Waals surface area contributed by atoms with Gasteiger partial charge in [-0.1, -0.05) is 50.2 Å². The summed E-state index contributed by atoms with van der Waals surface area (Å²) in [6, 6.07) is 12.1. The van der Waals surface area contributed by atoms with Gasteiger partial charge in [-0.15, -0.1) is 0 Å². The highest BCUT2D eigenvalue weighted by Crippen LogP contribution is 2.27. The number of rotatable bonds is 5. The van der Waals surface area contributed by atoms with Crippen molar-refractivity contribution in [2.75, 3.05) is 11.9 Å². The van der Waals surface area contributed by atoms with Gasteiger partial charge in [0.25, 0.3) is 0 Å². The Morgan fingerprint density at radius 1 is 1.04 bits per heavy atom. The van der Waals surface area contributed by atoms with E-state index < -0.39 is 11.8 Å². The fraction of sp³-hybridized carbons (Fsp3) is 0.300. The van der Waals surface area contributed by atoms with E-state index in [2.05, 4.69) is 10.6 Å². The number of hydrogen-bond acceptors (Lipinski definition) is 2. The molecule has 0 aliphatic rings. The molecule has 0 saturated carbocycles. The van der Waals surface area contributed by atoms with Crippen LogP contribution < -0.4 is 10.6 Å². The second-order valence-electron chi connectivity index (χ2n) is 6.25. The summed E-state index contributed by atoms with van der Waals surface area (Å²) < 4.78 is 13.5. The van der Waals surface area contributed by atoms with Crippen LogP contribution >= 0.6 is 0 Å². The number of benzene rings is 2. The third-order valence-corrected chi connectivity index (χ3v) is 4.01. The van der Waals surface area contributed by atoms with Gasteiger partial charge in [0, 0.05) is 12.2 Å². The van der Waals surface area contributed by atoms with E-state index in [1.165, 1.54) is 6.07 Å². The SMILES string of the molecule is Cc1cccc(C(C)C)c1NC(=O)C(=O)NCCc1ccccc1F. The smallest absolute Gasteiger partial charge is 0.313 e. The van der Waals surface area contributed by atoms with Gasteiger partial charge in [0.1, 0.15) is 5.82 Å². The Labute approximate surface area is 147 Å². The first kappa shape index (κ1) is 18.6. The average molecular weight is 342 g/mol. The number of carbonyl (C=O) groups excluding carboxylic acids is 2. The molecule has 0 aromatic heterocycles. The molecule has 0 heterocycles. The van der Waals surface area contributed by atoms with E-state index in [1.807, 2.05) is 39.0 Å². The van der Waals surface area contributed by atoms with Crippen molar-refractivity contribution in [3.05, 3.63) is 65.0 Å². The number of nitrogens with one attached hydrogen (secondary N) is 2. The maximum Gasteiger partial charge on any atom is 0.313 e. The number of para-hydroxylation sites is 1. The molecule has 2 rings (SSSR count). The van der Waals surface area contributed by atoms with Crippen molar-refractivity contribution < 1.29 is 14.0 Å². The highest BCUT2D eigenvalue weighted by atomic mass is 19.1. The molecule has 2 amide bonds. The molecule has 5 heteroatoms. The first-order valence-electron chi connectivity index (χ1n) is 8.32. The fourth-order valence-corrected chi connectivity index (χ4v) is 2.60. The van der Waals surface area contributed by atoms with Gasteiger partial charge in [-0.3, -0.25) is 9.59 Å². The van der Waals surface area contributed by atoms with Crippen molar-refractivity contribution in [3.63, 3.8) is 0 Å². The molecular formula is C20H23FN2O2. The number of halogens is 1. The van der Waals surface area contributed by atoms with Gasteiger partial charge in [-0.25, -0.2) is 4.39 Å². The minimum absolute atomic E-state index is 0.192. The molecule has 0 fully saturated rings. The molecule has 0 atom stereocenters. The number of aryl methyl sites for hydroxylation is 1. The lowest BCUT2D eigenvalue weighted by molar-refractivity contribution is -0.136. The molecule has 0 radical (unpaired) electrons. The molecular weight excluding hydrogens is 319 g/mol. The summed E-state index contributed by atoms with van der Waals surface area (Å²) >= 11 is 0. The van der Waals surface area contributed by atoms with Crippen molar-refractivity contribution in [2.24, 2.45) is 0 Å². The number of hydrogen-bond donors (Lipinski definition) is 2. The molecule has 0 saturated heterocycles. The highest BCUT2D eigenvalue weighted by molar-refractivity contribution is 6.39. The minimum Gasteiger partial charge on any atom is -0.347 e. The van der Waals surface area contributed by atoms with E-state index in [1.54, 1.807) is 18.2 Å². The van der Waals surface area contributed by atoms with E-state index in [0.717, 1.165) is 11.1 Å². The Bertz CT molecular complexity index is 772. The molecule has 0 aliphatic carbocycles. The van der Waals surface area contributed by atoms with Crippen LogP contribution in [0.2, 0.25) is 0 Å². The van der Waals surface area contributed by atoms with Crippen LogP contribution in [0.4, 0.5) is 10.1 Å². The van der Waals surface area contributed by atoms with Crippen LogP contribution in [0.3, 0.4) is 0 Å². The van der Waals surface area contributed by atoms with Gasteiger partial charge in [-0.2, -0.15) is 0 Å². The molecule has 2 aromatic carbocycles. The molecule has 2 aromatic rings. The lowest BCUT2D eigenvalue weighted by Crippen LogP contribution is -2.36. The monoisotopic (exact) mass is 342 g/mol. The molecule has 0 unspecified atom stereocenters. The Morgan fingerprint density at radius 2 is 1.76 bits per heavy atom. The van der Waals surface area contributed by atoms with Crippen molar-refractivity contribution in [1.29, 1.82) is 0 Å². The Hall–Kier alpha value is -2.69. The van der Waals surface area contributed by atoms with Gasteiger partial charge < -0.3 is 10.6 Å². The second-order valence-corrected chi connectivity index (χ2v) is 6.25. The van der Waals surface area contributed by atoms with Crippen LogP contribution in [0.25, 0.3) is 0 Å². The third-order valence-electron chi connectivity index (χ3n) is 4.01. The summed E-state index contributed by atoms with van der Waals surface area (Å²) in [5.41, 5.74) is 3.06. The summed E-state index contributed by atoms with van der Waals surface area (Å²) in [4.78, 5) is 24.1. The van der Waals surface area contributed by atoms with Gasteiger partial charge >= 0.3 is 11.8 Å². The van der Waals surface area contributed by atoms with Crippen molar-refractivity contribution in [1.82, 2.24) is 5.32 Å². The van der Waals surface area contributed by atoms with Crippen molar-refractivity contribution in [3.8, 4) is 0 Å². The molecule has 4 nitrogen and oxygen atoms in total. The molecule has 0 spiro atoms. The molecule has 132 valence electrons. The fourth-order valence-electron chi connectivity index (χ4n) is 2.60. The highest BCUT2D eigenvalue weighted by Gasteiger charge is 2.17. The second kappa shape index (κ2) is 8.42. The lowest BCUT2D eigenvalue weighted by Gasteiger charge is -2.16. The van der Waals surface area contributed by atoms with E-state index in [4.69, 9.17) is 0 Å². The topological polar surface area (TPSA) is 58.2 Å². The van der Waals surface area contributed by atoms with Crippen LogP contribution in [0.1, 0.15) is 36.5 Å². The molecule has 25 heavy (non-hydrogen) atoms. The van der Waals surface area contributed by atoms with E-state index in [0.29, 0.717) is 17.7 Å². The van der Waals surface area contributed by atoms with Gasteiger partial charge in [0.15, 0.2) is 0 Å². The molecule has 2 N–H and O–H groups in total. The molecule has 0 aliphatic heterocycles. The number of carbonyl (C=O) groups is 2. The van der Waals surface area contributed by atoms with E-state index in [-0.39, 0.29) is 18.3 Å². The number of anilines is 1. The first-order valence-corrected chi connectivity index (χ1v) is 8.32. The van der Waals surface area contributed by atoms with Crippen molar-refractivity contribution in [2.45, 2.75) is 33.1 Å². The van der Waals surface area contributed by atoms with Crippen LogP contribution in [-0.2, 0) is 16.0 Å². The van der Waals surface area contributed by atoms with Gasteiger partial charge in [-0.05, 0) is 42.0 Å². The summed E-state index contributed by atoms with van der Waals surface area (Å²) in [7, 11) is 0. The number of amides is 2. The standard InChI is InChI=1S/C20H23FN2O2/c1-13(2)16-9-6-7-14(3)18(16)23-20(25)19(24)22-12-11-15-8-4-5-10-17(15)21/h4-10,13H,11-12H2,1-3H3,(H,22,24)(H,23,25). The van der Waals surface area contributed by atoms with Gasteiger partial charge in [0.05, 0.1) is 0 Å². The van der Waals surface area contributed by atoms with E-state index >= 15 is 0 Å². The van der Waals surface area contributed by atoms with Gasteiger partial charge in [0.2, 0.25) is 0 Å². The summed E-state index contributed by atoms with van der Waals surface area (Å²) in [5.74, 6) is -1.54. The zero-order valence-electron chi connectivity index (χ0n) is 14.7. The predicted octanol–water partition coefficient (Wildman–Crippen LogP) is 3.55. The maximum absolute atomic E-state index is 13.5. The normalized spacial score (nSPS) is 10.6.